The molecule has 6 nitrogen and oxygen atoms in total. The van der Waals surface area contributed by atoms with Crippen molar-refractivity contribution < 1.29 is 13.9 Å². The summed E-state index contributed by atoms with van der Waals surface area (Å²) in [4.78, 5) is 12.2. The summed E-state index contributed by atoms with van der Waals surface area (Å²) in [6.45, 7) is 1.96. The molecule has 150 valence electrons. The van der Waals surface area contributed by atoms with Crippen molar-refractivity contribution in [2.24, 2.45) is 0 Å². The summed E-state index contributed by atoms with van der Waals surface area (Å²) in [6.07, 6.45) is 3.13. The van der Waals surface area contributed by atoms with Gasteiger partial charge in [0.05, 0.1) is 7.11 Å². The third-order valence-electron chi connectivity index (χ3n) is 4.52. The summed E-state index contributed by atoms with van der Waals surface area (Å²) < 4.78 is 24.8. The van der Waals surface area contributed by atoms with Gasteiger partial charge in [0.15, 0.2) is 0 Å². The lowest BCUT2D eigenvalue weighted by atomic mass is 10.1. The molecule has 2 N–H and O–H groups in total. The van der Waals surface area contributed by atoms with Gasteiger partial charge in [0.2, 0.25) is 17.7 Å². The second kappa shape index (κ2) is 8.16. The second-order valence-corrected chi connectivity index (χ2v) is 6.65. The predicted molar refractivity (Wildman–Crippen MR) is 113 cm³/mol. The molecule has 7 heteroatoms. The van der Waals surface area contributed by atoms with Gasteiger partial charge in [-0.2, -0.15) is 9.37 Å². The number of pyridine rings is 3. The first-order valence-corrected chi connectivity index (χ1v) is 9.21. The van der Waals surface area contributed by atoms with Crippen LogP contribution in [0.3, 0.4) is 0 Å². The Hall–Kier alpha value is -4.00. The molecule has 0 saturated heterocycles. The van der Waals surface area contributed by atoms with Crippen LogP contribution >= 0.6 is 0 Å². The van der Waals surface area contributed by atoms with E-state index in [1.807, 2.05) is 37.3 Å². The molecule has 3 aromatic heterocycles. The molecule has 0 aliphatic heterocycles. The Morgan fingerprint density at radius 1 is 0.900 bits per heavy atom. The number of anilines is 1. The van der Waals surface area contributed by atoms with Gasteiger partial charge in [0.1, 0.15) is 11.6 Å². The third kappa shape index (κ3) is 4.05. The number of aryl methyl sites for hydroxylation is 1. The average Bonchev–Trinajstić information content (AvgIpc) is 2.76. The average molecular weight is 402 g/mol. The van der Waals surface area contributed by atoms with Gasteiger partial charge in [-0.25, -0.2) is 9.97 Å². The molecule has 0 unspecified atom stereocenters. The number of nitrogens with two attached hydrogens (primary N) is 1. The van der Waals surface area contributed by atoms with Crippen molar-refractivity contribution in [1.29, 1.82) is 0 Å². The highest BCUT2D eigenvalue weighted by Gasteiger charge is 2.13. The minimum Gasteiger partial charge on any atom is -0.481 e. The maximum Gasteiger partial charge on any atom is 0.230 e. The molecule has 0 fully saturated rings. The van der Waals surface area contributed by atoms with Crippen LogP contribution in [-0.2, 0) is 0 Å². The zero-order chi connectivity index (χ0) is 21.1. The standard InChI is InChI=1S/C23H19FN4O2/c1-14-11-19(22(25)27-13-14)15-3-5-17(6-4-15)30-23-18(7-8-21(28-23)29-2)16-9-10-26-20(24)12-16/h3-13H,1-2H3,(H2,25,27). The van der Waals surface area contributed by atoms with Crippen LogP contribution in [0.1, 0.15) is 5.56 Å². The molecule has 0 saturated carbocycles. The number of ether oxygens (including phenoxy) is 2. The molecule has 3 heterocycles. The van der Waals surface area contributed by atoms with Crippen LogP contribution < -0.4 is 15.2 Å². The highest BCUT2D eigenvalue weighted by Crippen LogP contribution is 2.34. The molecular weight excluding hydrogens is 383 g/mol. The Kier molecular flexibility index (Phi) is 5.26. The molecule has 0 bridgehead atoms. The van der Waals surface area contributed by atoms with Gasteiger partial charge in [0, 0.05) is 35.7 Å². The van der Waals surface area contributed by atoms with Gasteiger partial charge in [-0.15, -0.1) is 0 Å². The maximum absolute atomic E-state index is 13.6. The van der Waals surface area contributed by atoms with Crippen LogP contribution in [0.4, 0.5) is 10.2 Å². The number of rotatable bonds is 5. The summed E-state index contributed by atoms with van der Waals surface area (Å²) >= 11 is 0. The lowest BCUT2D eigenvalue weighted by molar-refractivity contribution is 0.384. The molecule has 0 aliphatic rings. The molecule has 0 spiro atoms. The lowest BCUT2D eigenvalue weighted by Crippen LogP contribution is -1.96. The Morgan fingerprint density at radius 3 is 2.43 bits per heavy atom. The van der Waals surface area contributed by atoms with E-state index >= 15 is 0 Å². The van der Waals surface area contributed by atoms with Gasteiger partial charge < -0.3 is 15.2 Å². The normalized spacial score (nSPS) is 10.6. The number of benzene rings is 1. The number of halogens is 1. The van der Waals surface area contributed by atoms with E-state index in [0.717, 1.165) is 16.7 Å². The van der Waals surface area contributed by atoms with E-state index < -0.39 is 5.95 Å². The number of hydrogen-bond acceptors (Lipinski definition) is 6. The number of aromatic nitrogens is 3. The summed E-state index contributed by atoms with van der Waals surface area (Å²) in [5.74, 6) is 1.13. The van der Waals surface area contributed by atoms with Crippen molar-refractivity contribution in [3.05, 3.63) is 78.5 Å². The van der Waals surface area contributed by atoms with E-state index in [1.54, 1.807) is 24.4 Å². The summed E-state index contributed by atoms with van der Waals surface area (Å²) in [5, 5.41) is 0. The van der Waals surface area contributed by atoms with E-state index in [4.69, 9.17) is 15.2 Å². The van der Waals surface area contributed by atoms with Gasteiger partial charge in [-0.1, -0.05) is 12.1 Å². The van der Waals surface area contributed by atoms with Crippen molar-refractivity contribution in [2.45, 2.75) is 6.92 Å². The summed E-state index contributed by atoms with van der Waals surface area (Å²) in [6, 6.07) is 15.9. The monoisotopic (exact) mass is 402 g/mol. The van der Waals surface area contributed by atoms with Crippen LogP contribution in [0, 0.1) is 12.9 Å². The molecule has 0 amide bonds. The van der Waals surface area contributed by atoms with Gasteiger partial charge in [-0.3, -0.25) is 0 Å². The SMILES string of the molecule is COc1ccc(-c2ccnc(F)c2)c(Oc2ccc(-c3cc(C)cnc3N)cc2)n1. The van der Waals surface area contributed by atoms with E-state index in [9.17, 15) is 4.39 Å². The largest absolute Gasteiger partial charge is 0.481 e. The van der Waals surface area contributed by atoms with Crippen molar-refractivity contribution in [3.8, 4) is 39.8 Å². The predicted octanol–water partition coefficient (Wildman–Crippen LogP) is 5.04. The first-order chi connectivity index (χ1) is 14.5. The van der Waals surface area contributed by atoms with Crippen LogP contribution in [0.5, 0.6) is 17.5 Å². The Bertz CT molecular complexity index is 1200. The van der Waals surface area contributed by atoms with Crippen LogP contribution in [0.25, 0.3) is 22.3 Å². The fourth-order valence-electron chi connectivity index (χ4n) is 3.03. The van der Waals surface area contributed by atoms with Crippen molar-refractivity contribution in [3.63, 3.8) is 0 Å². The Labute approximate surface area is 173 Å². The molecule has 1 aromatic carbocycles. The Morgan fingerprint density at radius 2 is 1.70 bits per heavy atom. The number of hydrogen-bond donors (Lipinski definition) is 1. The maximum atomic E-state index is 13.6. The molecule has 30 heavy (non-hydrogen) atoms. The van der Waals surface area contributed by atoms with E-state index in [2.05, 4.69) is 15.0 Å². The first kappa shape index (κ1) is 19.3. The zero-order valence-corrected chi connectivity index (χ0v) is 16.5. The Balaban J connectivity index is 1.68. The van der Waals surface area contributed by atoms with Gasteiger partial charge in [0.25, 0.3) is 0 Å². The topological polar surface area (TPSA) is 83.2 Å². The molecular formula is C23H19FN4O2. The molecule has 4 rings (SSSR count). The number of methoxy groups -OCH3 is 1. The van der Waals surface area contributed by atoms with Crippen molar-refractivity contribution in [1.82, 2.24) is 15.0 Å². The second-order valence-electron chi connectivity index (χ2n) is 6.65. The van der Waals surface area contributed by atoms with Crippen LogP contribution in [0.15, 0.2) is 67.0 Å². The third-order valence-corrected chi connectivity index (χ3v) is 4.52. The van der Waals surface area contributed by atoms with Gasteiger partial charge in [-0.05, 0) is 53.9 Å². The lowest BCUT2D eigenvalue weighted by Gasteiger charge is -2.12. The van der Waals surface area contributed by atoms with E-state index in [0.29, 0.717) is 34.5 Å². The van der Waals surface area contributed by atoms with E-state index in [1.165, 1.54) is 19.4 Å². The quantitative estimate of drug-likeness (QED) is 0.471. The molecule has 0 aliphatic carbocycles. The summed E-state index contributed by atoms with van der Waals surface area (Å²) in [5.41, 5.74) is 10.0. The summed E-state index contributed by atoms with van der Waals surface area (Å²) in [7, 11) is 1.52. The minimum absolute atomic E-state index is 0.296. The number of nitrogens with zero attached hydrogens (tertiary/aromatic N) is 3. The zero-order valence-electron chi connectivity index (χ0n) is 16.5. The first-order valence-electron chi connectivity index (χ1n) is 9.21. The highest BCUT2D eigenvalue weighted by atomic mass is 19.1. The van der Waals surface area contributed by atoms with Crippen molar-refractivity contribution >= 4 is 5.82 Å². The number of nitrogen functional groups attached to an aromatic ring is 1. The van der Waals surface area contributed by atoms with E-state index in [-0.39, 0.29) is 0 Å². The smallest absolute Gasteiger partial charge is 0.230 e. The van der Waals surface area contributed by atoms with Crippen LogP contribution in [-0.4, -0.2) is 22.1 Å². The van der Waals surface area contributed by atoms with Crippen LogP contribution in [0.2, 0.25) is 0 Å². The molecule has 4 aromatic rings. The van der Waals surface area contributed by atoms with Crippen molar-refractivity contribution in [2.75, 3.05) is 12.8 Å². The minimum atomic E-state index is -0.581. The van der Waals surface area contributed by atoms with Gasteiger partial charge >= 0.3 is 0 Å². The fraction of sp³-hybridized carbons (Fsp3) is 0.0870. The molecule has 0 radical (unpaired) electrons. The fourth-order valence-corrected chi connectivity index (χ4v) is 3.03. The molecule has 0 atom stereocenters. The highest BCUT2D eigenvalue weighted by molar-refractivity contribution is 5.74.